The Bertz CT molecular complexity index is 1060. The molecule has 4 N–H and O–H groups in total. The highest BCUT2D eigenvalue weighted by Gasteiger charge is 2.53. The topological polar surface area (TPSA) is 74.4 Å². The number of ether oxygens (including phenoxy) is 1. The molecule has 2 aliphatic rings. The lowest BCUT2D eigenvalue weighted by atomic mass is 9.57. The van der Waals surface area contributed by atoms with Crippen LogP contribution in [0.1, 0.15) is 70.4 Å². The summed E-state index contributed by atoms with van der Waals surface area (Å²) in [6, 6.07) is 17.1. The number of carbonyl (C=O) groups is 1. The molecular formula is C31H42N4O2S2. The van der Waals surface area contributed by atoms with E-state index in [1.54, 1.807) is 0 Å². The summed E-state index contributed by atoms with van der Waals surface area (Å²) in [4.78, 5) is 13.3. The molecule has 0 spiro atoms. The van der Waals surface area contributed by atoms with Crippen molar-refractivity contribution in [1.82, 2.24) is 10.6 Å². The summed E-state index contributed by atoms with van der Waals surface area (Å²) in [6.07, 6.45) is 7.14. The van der Waals surface area contributed by atoms with Crippen LogP contribution in [0.3, 0.4) is 0 Å². The van der Waals surface area contributed by atoms with Crippen LogP contribution in [0.25, 0.3) is 0 Å². The van der Waals surface area contributed by atoms with Crippen LogP contribution in [0.2, 0.25) is 0 Å². The van der Waals surface area contributed by atoms with E-state index in [0.717, 1.165) is 62.7 Å². The molecule has 0 saturated heterocycles. The zero-order valence-electron chi connectivity index (χ0n) is 23.3. The summed E-state index contributed by atoms with van der Waals surface area (Å²) >= 11 is 11.3. The van der Waals surface area contributed by atoms with E-state index in [-0.39, 0.29) is 24.0 Å². The van der Waals surface area contributed by atoms with Gasteiger partial charge in [-0.15, -0.1) is 0 Å². The summed E-state index contributed by atoms with van der Waals surface area (Å²) in [5.74, 6) is 0.146. The van der Waals surface area contributed by atoms with E-state index in [9.17, 15) is 4.79 Å². The second-order valence-electron chi connectivity index (χ2n) is 10.8. The Morgan fingerprint density at radius 1 is 0.795 bits per heavy atom. The molecule has 2 fully saturated rings. The third-order valence-electron chi connectivity index (χ3n) is 8.39. The summed E-state index contributed by atoms with van der Waals surface area (Å²) in [7, 11) is 0. The minimum Gasteiger partial charge on any atom is -0.466 e. The van der Waals surface area contributed by atoms with Gasteiger partial charge < -0.3 is 26.0 Å². The van der Waals surface area contributed by atoms with Crippen LogP contribution in [0.4, 0.5) is 11.4 Å². The van der Waals surface area contributed by atoms with Crippen LogP contribution < -0.4 is 21.3 Å². The number of benzene rings is 2. The number of hydrogen-bond acceptors (Lipinski definition) is 4. The number of nitrogens with one attached hydrogen (secondary N) is 4. The number of rotatable bonds is 8. The van der Waals surface area contributed by atoms with Crippen molar-refractivity contribution in [3.05, 3.63) is 59.7 Å². The largest absolute Gasteiger partial charge is 0.466 e. The van der Waals surface area contributed by atoms with Crippen LogP contribution in [-0.4, -0.2) is 34.9 Å². The molecule has 2 aromatic rings. The van der Waals surface area contributed by atoms with E-state index in [1.165, 1.54) is 11.1 Å². The van der Waals surface area contributed by atoms with Gasteiger partial charge in [-0.3, -0.25) is 4.79 Å². The predicted molar refractivity (Wildman–Crippen MR) is 168 cm³/mol. The Morgan fingerprint density at radius 2 is 1.23 bits per heavy atom. The van der Waals surface area contributed by atoms with Gasteiger partial charge in [-0.2, -0.15) is 0 Å². The number of hydrogen-bond donors (Lipinski definition) is 4. The molecule has 2 saturated carbocycles. The number of carbonyl (C=O) groups excluding carboxylic acids is 1. The standard InChI is InChI=1S/C31H42N4O2S2/c1-4-21-7-11-24(12-8-21)32-29(38)34-26-15-17-31(28(36)37-6-3)18-16-27(20-23(31)19-26)35-30(39)33-25-13-9-22(5-2)10-14-25/h7-14,23,26-27H,4-6,15-20H2,1-3H3,(H2,32,34,38)(H2,33,35,39)/t23?,26-,27+,31?. The van der Waals surface area contributed by atoms with Crippen molar-refractivity contribution in [2.75, 3.05) is 17.2 Å². The fourth-order valence-corrected chi connectivity index (χ4v) is 6.70. The molecule has 4 atom stereocenters. The quantitative estimate of drug-likeness (QED) is 0.217. The molecule has 2 aromatic carbocycles. The van der Waals surface area contributed by atoms with Gasteiger partial charge in [-0.25, -0.2) is 0 Å². The van der Waals surface area contributed by atoms with Crippen molar-refractivity contribution in [3.63, 3.8) is 0 Å². The van der Waals surface area contributed by atoms with Gasteiger partial charge >= 0.3 is 5.97 Å². The summed E-state index contributed by atoms with van der Waals surface area (Å²) in [5.41, 5.74) is 4.13. The van der Waals surface area contributed by atoms with Gasteiger partial charge in [0.05, 0.1) is 12.0 Å². The van der Waals surface area contributed by atoms with Gasteiger partial charge in [0.2, 0.25) is 0 Å². The molecule has 0 bridgehead atoms. The molecule has 4 rings (SSSR count). The molecule has 8 heteroatoms. The molecule has 0 heterocycles. The van der Waals surface area contributed by atoms with Crippen molar-refractivity contribution in [2.24, 2.45) is 11.3 Å². The average Bonchev–Trinajstić information content (AvgIpc) is 2.94. The number of anilines is 2. The Labute approximate surface area is 244 Å². The predicted octanol–water partition coefficient (Wildman–Crippen LogP) is 6.36. The maximum absolute atomic E-state index is 13.3. The minimum atomic E-state index is -0.428. The van der Waals surface area contributed by atoms with Crippen LogP contribution in [-0.2, 0) is 22.4 Å². The normalized spacial score (nSPS) is 24.1. The maximum atomic E-state index is 13.3. The minimum absolute atomic E-state index is 0.0414. The monoisotopic (exact) mass is 566 g/mol. The third-order valence-corrected chi connectivity index (χ3v) is 8.83. The molecule has 2 aliphatic carbocycles. The summed E-state index contributed by atoms with van der Waals surface area (Å²) in [6.45, 7) is 6.59. The second kappa shape index (κ2) is 13.6. The fraction of sp³-hybridized carbons (Fsp3) is 0.516. The van der Waals surface area contributed by atoms with Crippen molar-refractivity contribution in [1.29, 1.82) is 0 Å². The van der Waals surface area contributed by atoms with Crippen LogP contribution in [0.15, 0.2) is 48.5 Å². The Balaban J connectivity index is 1.37. The number of esters is 1. The fourth-order valence-electron chi connectivity index (χ4n) is 6.13. The third kappa shape index (κ3) is 7.48. The van der Waals surface area contributed by atoms with Gasteiger partial charge in [-0.1, -0.05) is 38.1 Å². The maximum Gasteiger partial charge on any atom is 0.312 e. The lowest BCUT2D eigenvalue weighted by molar-refractivity contribution is -0.165. The molecule has 0 aliphatic heterocycles. The van der Waals surface area contributed by atoms with Crippen LogP contribution in [0.5, 0.6) is 0 Å². The highest BCUT2D eigenvalue weighted by molar-refractivity contribution is 7.80. The highest BCUT2D eigenvalue weighted by Crippen LogP contribution is 2.51. The first-order valence-corrected chi connectivity index (χ1v) is 15.2. The van der Waals surface area contributed by atoms with Crippen molar-refractivity contribution < 1.29 is 9.53 Å². The van der Waals surface area contributed by atoms with E-state index in [4.69, 9.17) is 29.2 Å². The lowest BCUT2D eigenvalue weighted by Crippen LogP contribution is -2.55. The molecular weight excluding hydrogens is 525 g/mol. The number of aryl methyl sites for hydroxylation is 2. The Kier molecular flexibility index (Phi) is 10.2. The smallest absolute Gasteiger partial charge is 0.312 e. The van der Waals surface area contributed by atoms with E-state index in [2.05, 4.69) is 83.6 Å². The van der Waals surface area contributed by atoms with Crippen LogP contribution in [0, 0.1) is 11.3 Å². The molecule has 6 nitrogen and oxygen atoms in total. The molecule has 0 radical (unpaired) electrons. The lowest BCUT2D eigenvalue weighted by Gasteiger charge is -2.49. The first-order chi connectivity index (χ1) is 18.8. The molecule has 39 heavy (non-hydrogen) atoms. The average molecular weight is 567 g/mol. The van der Waals surface area contributed by atoms with Crippen LogP contribution >= 0.6 is 24.4 Å². The first-order valence-electron chi connectivity index (χ1n) is 14.3. The van der Waals surface area contributed by atoms with E-state index in [0.29, 0.717) is 16.8 Å². The summed E-state index contributed by atoms with van der Waals surface area (Å²) in [5, 5.41) is 14.9. The molecule has 2 unspecified atom stereocenters. The van der Waals surface area contributed by atoms with E-state index >= 15 is 0 Å². The number of thiocarbonyl (C=S) groups is 2. The van der Waals surface area contributed by atoms with E-state index in [1.807, 2.05) is 6.92 Å². The summed E-state index contributed by atoms with van der Waals surface area (Å²) < 4.78 is 5.61. The molecule has 0 amide bonds. The van der Waals surface area contributed by atoms with E-state index < -0.39 is 5.41 Å². The Hall–Kier alpha value is -2.71. The zero-order valence-corrected chi connectivity index (χ0v) is 25.0. The van der Waals surface area contributed by atoms with Gasteiger partial charge in [0.1, 0.15) is 0 Å². The van der Waals surface area contributed by atoms with Gasteiger partial charge in [-0.05, 0) is 124 Å². The van der Waals surface area contributed by atoms with Crippen molar-refractivity contribution >= 4 is 52.0 Å². The number of fused-ring (bicyclic) bond motifs is 1. The first kappa shape index (κ1) is 29.3. The molecule has 0 aromatic heterocycles. The highest BCUT2D eigenvalue weighted by atomic mass is 32.1. The zero-order chi connectivity index (χ0) is 27.8. The van der Waals surface area contributed by atoms with Gasteiger partial charge in [0.15, 0.2) is 10.2 Å². The molecule has 210 valence electrons. The van der Waals surface area contributed by atoms with Gasteiger partial charge in [0, 0.05) is 23.5 Å². The van der Waals surface area contributed by atoms with Gasteiger partial charge in [0.25, 0.3) is 0 Å². The van der Waals surface area contributed by atoms with Crippen molar-refractivity contribution in [2.45, 2.75) is 84.2 Å². The van der Waals surface area contributed by atoms with Crippen molar-refractivity contribution in [3.8, 4) is 0 Å². The second-order valence-corrected chi connectivity index (χ2v) is 11.6. The SMILES string of the molecule is CCOC(=O)C12CC[C@@H](NC(=S)Nc3ccc(CC)cc3)CC1C[C@@H](NC(=S)Nc1ccc(CC)cc1)CC2. The Morgan fingerprint density at radius 3 is 1.62 bits per heavy atom.